The maximum atomic E-state index is 11.4. The fraction of sp³-hybridized carbons (Fsp3) is 0.0667. The zero-order valence-electron chi connectivity index (χ0n) is 11.5. The normalized spacial score (nSPS) is 14.5. The Kier molecular flexibility index (Phi) is 3.30. The van der Waals surface area contributed by atoms with Crippen molar-refractivity contribution in [3.8, 4) is 0 Å². The van der Waals surface area contributed by atoms with E-state index < -0.39 is 11.9 Å². The van der Waals surface area contributed by atoms with Crippen LogP contribution in [0.25, 0.3) is 10.8 Å². The highest BCUT2D eigenvalue weighted by Crippen LogP contribution is 2.28. The molecule has 1 aliphatic rings. The molecule has 7 heteroatoms. The van der Waals surface area contributed by atoms with E-state index in [-0.39, 0.29) is 16.9 Å². The van der Waals surface area contributed by atoms with E-state index in [0.717, 1.165) is 10.8 Å². The number of azo groups is 2. The second-order valence-electron chi connectivity index (χ2n) is 4.66. The molecule has 0 aromatic heterocycles. The van der Waals surface area contributed by atoms with Gasteiger partial charge in [0.25, 0.3) is 0 Å². The van der Waals surface area contributed by atoms with Gasteiger partial charge in [0.1, 0.15) is 5.69 Å². The maximum Gasteiger partial charge on any atom is 0.337 e. The van der Waals surface area contributed by atoms with Gasteiger partial charge in [-0.2, -0.15) is 0 Å². The van der Waals surface area contributed by atoms with Gasteiger partial charge in [0.05, 0.1) is 11.3 Å². The lowest BCUT2D eigenvalue weighted by Crippen LogP contribution is -1.97. The Morgan fingerprint density at radius 3 is 2.36 bits per heavy atom. The molecule has 0 aliphatic carbocycles. The number of nitrogens with zero attached hydrogens (tertiary/aromatic N) is 4. The first-order valence-electron chi connectivity index (χ1n) is 6.41. The lowest BCUT2D eigenvalue weighted by Gasteiger charge is -2.03. The van der Waals surface area contributed by atoms with Crippen LogP contribution in [0.1, 0.15) is 17.3 Å². The van der Waals surface area contributed by atoms with E-state index >= 15 is 0 Å². The van der Waals surface area contributed by atoms with Crippen LogP contribution in [0.4, 0.5) is 5.69 Å². The van der Waals surface area contributed by atoms with Gasteiger partial charge in [0.2, 0.25) is 0 Å². The average molecular weight is 294 g/mol. The number of carboxylic acid groups (broad SMARTS) is 1. The summed E-state index contributed by atoms with van der Waals surface area (Å²) in [6, 6.07) is 10.5. The summed E-state index contributed by atoms with van der Waals surface area (Å²) in [5.74, 6) is -1.70. The number of aromatic carboxylic acids is 1. The summed E-state index contributed by atoms with van der Waals surface area (Å²) in [4.78, 5) is 22.8. The lowest BCUT2D eigenvalue weighted by atomic mass is 10.1. The molecule has 0 fully saturated rings. The number of hydrogen-bond donors (Lipinski definition) is 1. The molecule has 1 amide bonds. The monoisotopic (exact) mass is 294 g/mol. The zero-order chi connectivity index (χ0) is 15.7. The molecule has 22 heavy (non-hydrogen) atoms. The fourth-order valence-electron chi connectivity index (χ4n) is 2.07. The van der Waals surface area contributed by atoms with Crippen molar-refractivity contribution in [2.75, 3.05) is 0 Å². The number of benzene rings is 2. The van der Waals surface area contributed by atoms with Gasteiger partial charge < -0.3 is 5.11 Å². The summed E-state index contributed by atoms with van der Waals surface area (Å²) in [7, 11) is 0. The number of fused-ring (bicyclic) bond motifs is 1. The summed E-state index contributed by atoms with van der Waals surface area (Å²) < 4.78 is 0. The zero-order valence-corrected chi connectivity index (χ0v) is 11.5. The van der Waals surface area contributed by atoms with Gasteiger partial charge >= 0.3 is 11.9 Å². The fourth-order valence-corrected chi connectivity index (χ4v) is 2.07. The van der Waals surface area contributed by atoms with Gasteiger partial charge in [-0.25, -0.2) is 4.79 Å². The molecule has 2 aromatic carbocycles. The topological polar surface area (TPSA) is 104 Å². The molecule has 3 rings (SSSR count). The van der Waals surface area contributed by atoms with Crippen LogP contribution in [-0.4, -0.2) is 17.0 Å². The Bertz CT molecular complexity index is 897. The van der Waals surface area contributed by atoms with Crippen LogP contribution in [0, 0.1) is 0 Å². The SMILES string of the molecule is CC1=C(N=Nc2cc3ccccc3cc2C(=O)O)C(=O)N=N1. The molecule has 0 spiro atoms. The molecule has 0 saturated carbocycles. The van der Waals surface area contributed by atoms with Crippen LogP contribution in [0.5, 0.6) is 0 Å². The van der Waals surface area contributed by atoms with Gasteiger partial charge in [-0.3, -0.25) is 4.79 Å². The lowest BCUT2D eigenvalue weighted by molar-refractivity contribution is -0.114. The second kappa shape index (κ2) is 5.28. The van der Waals surface area contributed by atoms with Gasteiger partial charge in [-0.05, 0) is 29.8 Å². The number of rotatable bonds is 3. The minimum absolute atomic E-state index is 0.0139. The van der Waals surface area contributed by atoms with Crippen LogP contribution in [0.15, 0.2) is 68.2 Å². The van der Waals surface area contributed by atoms with E-state index in [9.17, 15) is 14.7 Å². The number of hydrogen-bond acceptors (Lipinski definition) is 5. The van der Waals surface area contributed by atoms with Crippen molar-refractivity contribution in [2.45, 2.75) is 6.92 Å². The number of amides is 1. The van der Waals surface area contributed by atoms with Gasteiger partial charge in [-0.15, -0.1) is 20.5 Å². The van der Waals surface area contributed by atoms with Gasteiger partial charge in [0.15, 0.2) is 5.70 Å². The smallest absolute Gasteiger partial charge is 0.337 e. The summed E-state index contributed by atoms with van der Waals surface area (Å²) in [5, 5.41) is 25.6. The Balaban J connectivity index is 2.10. The van der Waals surface area contributed by atoms with E-state index in [2.05, 4.69) is 20.5 Å². The molecule has 0 radical (unpaired) electrons. The molecule has 1 N–H and O–H groups in total. The van der Waals surface area contributed by atoms with Crippen molar-refractivity contribution in [2.24, 2.45) is 20.5 Å². The first-order valence-corrected chi connectivity index (χ1v) is 6.41. The first kappa shape index (κ1) is 13.7. The van der Waals surface area contributed by atoms with Crippen LogP contribution < -0.4 is 0 Å². The Labute approximate surface area is 124 Å². The Morgan fingerprint density at radius 2 is 1.77 bits per heavy atom. The van der Waals surface area contributed by atoms with E-state index in [1.54, 1.807) is 13.0 Å². The van der Waals surface area contributed by atoms with E-state index in [0.29, 0.717) is 5.70 Å². The molecule has 0 atom stereocenters. The summed E-state index contributed by atoms with van der Waals surface area (Å²) in [5.41, 5.74) is 0.558. The highest BCUT2D eigenvalue weighted by Gasteiger charge is 2.19. The molecule has 1 aliphatic heterocycles. The largest absolute Gasteiger partial charge is 0.478 e. The second-order valence-corrected chi connectivity index (χ2v) is 4.66. The first-order chi connectivity index (χ1) is 10.6. The van der Waals surface area contributed by atoms with Gasteiger partial charge in [-0.1, -0.05) is 24.3 Å². The molecule has 0 unspecified atom stereocenters. The Morgan fingerprint density at radius 1 is 1.09 bits per heavy atom. The van der Waals surface area contributed by atoms with E-state index in [4.69, 9.17) is 0 Å². The van der Waals surface area contributed by atoms with Crippen molar-refractivity contribution in [3.05, 3.63) is 53.4 Å². The molecule has 7 nitrogen and oxygen atoms in total. The van der Waals surface area contributed by atoms with Crippen molar-refractivity contribution in [1.29, 1.82) is 0 Å². The van der Waals surface area contributed by atoms with E-state index in [1.165, 1.54) is 6.07 Å². The molecule has 1 heterocycles. The number of carboxylic acids is 1. The number of carbonyl (C=O) groups excluding carboxylic acids is 1. The quantitative estimate of drug-likeness (QED) is 0.869. The van der Waals surface area contributed by atoms with Crippen molar-refractivity contribution in [3.63, 3.8) is 0 Å². The number of carbonyl (C=O) groups is 2. The predicted octanol–water partition coefficient (Wildman–Crippen LogP) is 3.85. The highest BCUT2D eigenvalue weighted by molar-refractivity contribution is 6.00. The molecular formula is C15H10N4O3. The average Bonchev–Trinajstić information content (AvgIpc) is 2.83. The maximum absolute atomic E-state index is 11.4. The molecule has 0 bridgehead atoms. The molecular weight excluding hydrogens is 284 g/mol. The number of allylic oxidation sites excluding steroid dienone is 1. The summed E-state index contributed by atoms with van der Waals surface area (Å²) in [6.07, 6.45) is 0. The van der Waals surface area contributed by atoms with Crippen LogP contribution in [0.2, 0.25) is 0 Å². The van der Waals surface area contributed by atoms with Gasteiger partial charge in [0, 0.05) is 0 Å². The molecule has 2 aromatic rings. The standard InChI is InChI=1S/C15H10N4O3/c1-8-13(14(20)19-16-8)18-17-12-7-10-5-3-2-4-9(10)6-11(12)15(21)22/h2-7H,1H3,(H,21,22). The van der Waals surface area contributed by atoms with Crippen molar-refractivity contribution >= 4 is 28.3 Å². The van der Waals surface area contributed by atoms with Crippen molar-refractivity contribution < 1.29 is 14.7 Å². The summed E-state index contributed by atoms with van der Waals surface area (Å²) in [6.45, 7) is 1.58. The molecule has 0 saturated heterocycles. The van der Waals surface area contributed by atoms with Crippen molar-refractivity contribution in [1.82, 2.24) is 0 Å². The van der Waals surface area contributed by atoms with Crippen LogP contribution in [-0.2, 0) is 4.79 Å². The summed E-state index contributed by atoms with van der Waals surface area (Å²) >= 11 is 0. The Hall–Kier alpha value is -3.22. The third-order valence-corrected chi connectivity index (χ3v) is 3.19. The molecule has 108 valence electrons. The predicted molar refractivity (Wildman–Crippen MR) is 78.0 cm³/mol. The third-order valence-electron chi connectivity index (χ3n) is 3.19. The van der Waals surface area contributed by atoms with Crippen LogP contribution in [0.3, 0.4) is 0 Å². The third kappa shape index (κ3) is 2.39. The minimum atomic E-state index is -1.11. The highest BCUT2D eigenvalue weighted by atomic mass is 16.4. The minimum Gasteiger partial charge on any atom is -0.478 e. The van der Waals surface area contributed by atoms with Crippen LogP contribution >= 0.6 is 0 Å². The van der Waals surface area contributed by atoms with E-state index in [1.807, 2.05) is 24.3 Å².